The molecule has 3 heteroatoms. The van der Waals surface area contributed by atoms with Gasteiger partial charge in [-0.2, -0.15) is 0 Å². The molecule has 1 fully saturated rings. The van der Waals surface area contributed by atoms with Crippen LogP contribution in [0.1, 0.15) is 17.9 Å². The van der Waals surface area contributed by atoms with Gasteiger partial charge in [0.25, 0.3) is 0 Å². The molecule has 78 valence electrons. The van der Waals surface area contributed by atoms with Crippen LogP contribution in [0, 0.1) is 0 Å². The van der Waals surface area contributed by atoms with Gasteiger partial charge < -0.3 is 9.69 Å². The van der Waals surface area contributed by atoms with Crippen molar-refractivity contribution in [3.63, 3.8) is 0 Å². The van der Waals surface area contributed by atoms with E-state index < -0.39 is 0 Å². The molecule has 0 bridgehead atoms. The van der Waals surface area contributed by atoms with E-state index in [4.69, 9.17) is 0 Å². The first kappa shape index (κ1) is 9.90. The van der Waals surface area contributed by atoms with Gasteiger partial charge in [0.15, 0.2) is 0 Å². The molecular formula is C12H13NO2. The molecule has 2 rings (SSSR count). The van der Waals surface area contributed by atoms with Gasteiger partial charge in [-0.15, -0.1) is 0 Å². The summed E-state index contributed by atoms with van der Waals surface area (Å²) in [7, 11) is 1.68. The van der Waals surface area contributed by atoms with Gasteiger partial charge in [0, 0.05) is 19.4 Å². The SMILES string of the molecule is CN1C(=O)CC(c2ccccc2)C1C=O. The molecule has 0 radical (unpaired) electrons. The average Bonchev–Trinajstić information content (AvgIpc) is 2.56. The van der Waals surface area contributed by atoms with E-state index in [-0.39, 0.29) is 17.9 Å². The molecule has 1 aliphatic rings. The molecule has 0 aliphatic carbocycles. The number of rotatable bonds is 2. The maximum Gasteiger partial charge on any atom is 0.223 e. The molecule has 0 N–H and O–H groups in total. The lowest BCUT2D eigenvalue weighted by molar-refractivity contribution is -0.129. The molecule has 1 heterocycles. The maximum absolute atomic E-state index is 11.5. The predicted molar refractivity (Wildman–Crippen MR) is 56.4 cm³/mol. The van der Waals surface area contributed by atoms with Crippen molar-refractivity contribution >= 4 is 12.2 Å². The fraction of sp³-hybridized carbons (Fsp3) is 0.333. The Labute approximate surface area is 88.7 Å². The van der Waals surface area contributed by atoms with Crippen LogP contribution in [0.15, 0.2) is 30.3 Å². The highest BCUT2D eigenvalue weighted by Crippen LogP contribution is 2.31. The van der Waals surface area contributed by atoms with Gasteiger partial charge in [0.1, 0.15) is 6.29 Å². The van der Waals surface area contributed by atoms with Crippen molar-refractivity contribution in [1.29, 1.82) is 0 Å². The van der Waals surface area contributed by atoms with Crippen molar-refractivity contribution in [2.45, 2.75) is 18.4 Å². The Morgan fingerprint density at radius 3 is 2.60 bits per heavy atom. The Morgan fingerprint density at radius 1 is 1.33 bits per heavy atom. The molecule has 15 heavy (non-hydrogen) atoms. The summed E-state index contributed by atoms with van der Waals surface area (Å²) in [4.78, 5) is 24.0. The number of benzene rings is 1. The second-order valence-corrected chi connectivity index (χ2v) is 3.85. The summed E-state index contributed by atoms with van der Waals surface area (Å²) < 4.78 is 0. The van der Waals surface area contributed by atoms with E-state index in [1.807, 2.05) is 30.3 Å². The molecule has 1 amide bonds. The van der Waals surface area contributed by atoms with E-state index in [0.29, 0.717) is 6.42 Å². The van der Waals surface area contributed by atoms with Crippen molar-refractivity contribution in [1.82, 2.24) is 4.90 Å². The third-order valence-electron chi connectivity index (χ3n) is 3.01. The van der Waals surface area contributed by atoms with E-state index in [2.05, 4.69) is 0 Å². The minimum Gasteiger partial charge on any atom is -0.335 e. The smallest absolute Gasteiger partial charge is 0.223 e. The van der Waals surface area contributed by atoms with Crippen molar-refractivity contribution in [2.75, 3.05) is 7.05 Å². The number of nitrogens with zero attached hydrogens (tertiary/aromatic N) is 1. The monoisotopic (exact) mass is 203 g/mol. The van der Waals surface area contributed by atoms with Crippen molar-refractivity contribution in [3.8, 4) is 0 Å². The zero-order chi connectivity index (χ0) is 10.8. The Hall–Kier alpha value is -1.64. The highest BCUT2D eigenvalue weighted by Gasteiger charge is 2.37. The zero-order valence-electron chi connectivity index (χ0n) is 8.59. The number of amides is 1. The van der Waals surface area contributed by atoms with Crippen LogP contribution in [0.2, 0.25) is 0 Å². The summed E-state index contributed by atoms with van der Waals surface area (Å²) in [5.74, 6) is 0.0575. The summed E-state index contributed by atoms with van der Waals surface area (Å²) in [5, 5.41) is 0. The van der Waals surface area contributed by atoms with E-state index in [1.165, 1.54) is 4.90 Å². The van der Waals surface area contributed by atoms with E-state index in [0.717, 1.165) is 11.8 Å². The molecule has 0 aromatic heterocycles. The summed E-state index contributed by atoms with van der Waals surface area (Å²) in [5.41, 5.74) is 1.06. The van der Waals surface area contributed by atoms with Crippen molar-refractivity contribution in [3.05, 3.63) is 35.9 Å². The molecule has 0 spiro atoms. The second-order valence-electron chi connectivity index (χ2n) is 3.85. The number of aldehydes is 1. The second kappa shape index (κ2) is 3.85. The first-order valence-electron chi connectivity index (χ1n) is 5.00. The van der Waals surface area contributed by atoms with Crippen LogP contribution in [-0.2, 0) is 9.59 Å². The summed E-state index contributed by atoms with van der Waals surface area (Å²) in [6.45, 7) is 0. The van der Waals surface area contributed by atoms with Crippen LogP contribution in [0.4, 0.5) is 0 Å². The fourth-order valence-corrected chi connectivity index (χ4v) is 2.09. The van der Waals surface area contributed by atoms with Crippen LogP contribution in [0.25, 0.3) is 0 Å². The number of likely N-dealkylation sites (N-methyl/N-ethyl adjacent to an activating group) is 1. The molecule has 1 aromatic carbocycles. The Kier molecular flexibility index (Phi) is 2.54. The molecule has 1 aliphatic heterocycles. The van der Waals surface area contributed by atoms with Gasteiger partial charge in [-0.05, 0) is 5.56 Å². The highest BCUT2D eigenvalue weighted by atomic mass is 16.2. The van der Waals surface area contributed by atoms with Crippen LogP contribution < -0.4 is 0 Å². The molecule has 1 saturated heterocycles. The van der Waals surface area contributed by atoms with Gasteiger partial charge in [-0.1, -0.05) is 30.3 Å². The molecule has 0 saturated carbocycles. The minimum absolute atomic E-state index is 0.0150. The van der Waals surface area contributed by atoms with E-state index >= 15 is 0 Å². The summed E-state index contributed by atoms with van der Waals surface area (Å²) >= 11 is 0. The molecular weight excluding hydrogens is 190 g/mol. The number of carbonyl (C=O) groups excluding carboxylic acids is 2. The van der Waals surface area contributed by atoms with Crippen molar-refractivity contribution in [2.24, 2.45) is 0 Å². The van der Waals surface area contributed by atoms with E-state index in [9.17, 15) is 9.59 Å². The topological polar surface area (TPSA) is 37.4 Å². The third kappa shape index (κ3) is 1.65. The van der Waals surface area contributed by atoms with Gasteiger partial charge in [-0.25, -0.2) is 0 Å². The molecule has 2 atom stereocenters. The molecule has 1 aromatic rings. The Bertz CT molecular complexity index is 374. The Balaban J connectivity index is 2.31. The summed E-state index contributed by atoms with van der Waals surface area (Å²) in [6, 6.07) is 9.42. The van der Waals surface area contributed by atoms with Gasteiger partial charge >= 0.3 is 0 Å². The lowest BCUT2D eigenvalue weighted by atomic mass is 9.92. The number of hydrogen-bond acceptors (Lipinski definition) is 2. The first-order valence-corrected chi connectivity index (χ1v) is 5.00. The van der Waals surface area contributed by atoms with Crippen LogP contribution >= 0.6 is 0 Å². The third-order valence-corrected chi connectivity index (χ3v) is 3.01. The quantitative estimate of drug-likeness (QED) is 0.677. The largest absolute Gasteiger partial charge is 0.335 e. The number of likely N-dealkylation sites (tertiary alicyclic amines) is 1. The lowest BCUT2D eigenvalue weighted by Gasteiger charge is -2.19. The summed E-state index contributed by atoms with van der Waals surface area (Å²) in [6.07, 6.45) is 1.30. The van der Waals surface area contributed by atoms with Gasteiger partial charge in [0.05, 0.1) is 6.04 Å². The zero-order valence-corrected chi connectivity index (χ0v) is 8.59. The molecule has 2 unspecified atom stereocenters. The highest BCUT2D eigenvalue weighted by molar-refractivity contribution is 5.85. The van der Waals surface area contributed by atoms with Crippen LogP contribution in [-0.4, -0.2) is 30.2 Å². The molecule has 3 nitrogen and oxygen atoms in total. The van der Waals surface area contributed by atoms with Crippen LogP contribution in [0.3, 0.4) is 0 Å². The predicted octanol–water partition coefficient (Wildman–Crippen LogP) is 1.20. The minimum atomic E-state index is -0.306. The Morgan fingerprint density at radius 2 is 2.00 bits per heavy atom. The van der Waals surface area contributed by atoms with Crippen LogP contribution in [0.5, 0.6) is 0 Å². The van der Waals surface area contributed by atoms with Crippen molar-refractivity contribution < 1.29 is 9.59 Å². The van der Waals surface area contributed by atoms with Gasteiger partial charge in [0.2, 0.25) is 5.91 Å². The first-order chi connectivity index (χ1) is 7.24. The maximum atomic E-state index is 11.5. The van der Waals surface area contributed by atoms with E-state index in [1.54, 1.807) is 7.05 Å². The average molecular weight is 203 g/mol. The normalized spacial score (nSPS) is 25.7. The van der Waals surface area contributed by atoms with Gasteiger partial charge in [-0.3, -0.25) is 4.79 Å². The number of carbonyl (C=O) groups is 2. The lowest BCUT2D eigenvalue weighted by Crippen LogP contribution is -2.32. The fourth-order valence-electron chi connectivity index (χ4n) is 2.09. The standard InChI is InChI=1S/C12H13NO2/c1-13-11(8-14)10(7-12(13)15)9-5-3-2-4-6-9/h2-6,8,10-11H,7H2,1H3. The number of hydrogen-bond donors (Lipinski definition) is 0.